The molecule has 1 aliphatic rings. The molecule has 1 aliphatic carbocycles. The summed E-state index contributed by atoms with van der Waals surface area (Å²) < 4.78 is 1.55. The van der Waals surface area contributed by atoms with Gasteiger partial charge in [0.15, 0.2) is 0 Å². The number of nitrogens with zero attached hydrogens (tertiary/aromatic N) is 1. The van der Waals surface area contributed by atoms with Crippen LogP contribution < -0.4 is 11.2 Å². The molecule has 0 unspecified atom stereocenters. The molecule has 0 spiro atoms. The summed E-state index contributed by atoms with van der Waals surface area (Å²) in [5.41, 5.74) is -0.249. The van der Waals surface area contributed by atoms with Crippen molar-refractivity contribution < 1.29 is 5.11 Å². The van der Waals surface area contributed by atoms with Crippen LogP contribution >= 0.6 is 11.8 Å². The summed E-state index contributed by atoms with van der Waals surface area (Å²) in [6.45, 7) is 1.68. The Hall–Kier alpha value is -1.79. The van der Waals surface area contributed by atoms with E-state index in [1.54, 1.807) is 29.4 Å². The van der Waals surface area contributed by atoms with E-state index in [4.69, 9.17) is 0 Å². The van der Waals surface area contributed by atoms with Crippen LogP contribution in [0.25, 0.3) is 0 Å². The normalized spacial score (nSPS) is 24.5. The molecule has 1 fully saturated rings. The van der Waals surface area contributed by atoms with Crippen LogP contribution in [0, 0.1) is 6.92 Å². The summed E-state index contributed by atoms with van der Waals surface area (Å²) in [5.74, 6) is 0. The van der Waals surface area contributed by atoms with E-state index >= 15 is 0 Å². The van der Waals surface area contributed by atoms with Gasteiger partial charge in [-0.05, 0) is 31.9 Å². The number of rotatable bonds is 3. The summed E-state index contributed by atoms with van der Waals surface area (Å²) >= 11 is 1.63. The first kappa shape index (κ1) is 15.1. The molecule has 2 aromatic rings. The first-order valence-electron chi connectivity index (χ1n) is 7.26. The molecule has 3 atom stereocenters. The first-order valence-corrected chi connectivity index (χ1v) is 8.14. The molecule has 0 amide bonds. The van der Waals surface area contributed by atoms with Crippen molar-refractivity contribution in [2.24, 2.45) is 0 Å². The van der Waals surface area contributed by atoms with Crippen molar-refractivity contribution in [1.29, 1.82) is 0 Å². The number of hydrogen-bond acceptors (Lipinski definition) is 4. The van der Waals surface area contributed by atoms with E-state index in [2.05, 4.69) is 4.98 Å². The molecule has 0 saturated heterocycles. The second-order valence-corrected chi connectivity index (χ2v) is 6.95. The number of nitrogens with one attached hydrogen (secondary N) is 1. The summed E-state index contributed by atoms with van der Waals surface area (Å²) in [7, 11) is 0. The van der Waals surface area contributed by atoms with Gasteiger partial charge < -0.3 is 5.11 Å². The molecule has 5 nitrogen and oxygen atoms in total. The lowest BCUT2D eigenvalue weighted by atomic mass is 10.2. The van der Waals surface area contributed by atoms with Gasteiger partial charge in [0.2, 0.25) is 0 Å². The van der Waals surface area contributed by atoms with E-state index < -0.39 is 11.8 Å². The average Bonchev–Trinajstić information content (AvgIpc) is 2.85. The number of benzene rings is 1. The number of H-pyrrole nitrogens is 1. The van der Waals surface area contributed by atoms with Gasteiger partial charge >= 0.3 is 5.69 Å². The minimum Gasteiger partial charge on any atom is -0.392 e. The van der Waals surface area contributed by atoms with Crippen molar-refractivity contribution in [2.45, 2.75) is 42.1 Å². The Morgan fingerprint density at radius 1 is 1.23 bits per heavy atom. The van der Waals surface area contributed by atoms with Crippen molar-refractivity contribution in [3.8, 4) is 0 Å². The SMILES string of the molecule is Cc1cn([C@H]2C[C@H](Sc3ccccc3)[C@@H](O)C2)c(=O)[nH]c1=O. The van der Waals surface area contributed by atoms with E-state index in [1.807, 2.05) is 30.3 Å². The zero-order valence-electron chi connectivity index (χ0n) is 12.2. The van der Waals surface area contributed by atoms with Gasteiger partial charge in [-0.2, -0.15) is 0 Å². The Morgan fingerprint density at radius 2 is 1.95 bits per heavy atom. The second-order valence-electron chi connectivity index (χ2n) is 5.64. The Bertz CT molecular complexity index is 769. The lowest BCUT2D eigenvalue weighted by molar-refractivity contribution is 0.182. The van der Waals surface area contributed by atoms with Gasteiger partial charge in [0.1, 0.15) is 0 Å². The third-order valence-corrected chi connectivity index (χ3v) is 5.37. The minimum atomic E-state index is -0.464. The topological polar surface area (TPSA) is 75.1 Å². The van der Waals surface area contributed by atoms with E-state index in [0.29, 0.717) is 18.4 Å². The number of aromatic nitrogens is 2. The van der Waals surface area contributed by atoms with Crippen molar-refractivity contribution >= 4 is 11.8 Å². The molecule has 2 N–H and O–H groups in total. The minimum absolute atomic E-state index is 0.0477. The molecule has 6 heteroatoms. The van der Waals surface area contributed by atoms with Crippen molar-refractivity contribution in [2.75, 3.05) is 0 Å². The van der Waals surface area contributed by atoms with E-state index in [1.165, 1.54) is 0 Å². The average molecular weight is 318 g/mol. The van der Waals surface area contributed by atoms with Crippen LogP contribution in [0.15, 0.2) is 51.0 Å². The van der Waals surface area contributed by atoms with E-state index in [0.717, 1.165) is 4.90 Å². The molecule has 1 saturated carbocycles. The van der Waals surface area contributed by atoms with Crippen LogP contribution in [-0.2, 0) is 0 Å². The Kier molecular flexibility index (Phi) is 4.22. The van der Waals surface area contributed by atoms with Gasteiger partial charge in [-0.3, -0.25) is 14.3 Å². The molecular formula is C16H18N2O3S. The standard InChI is InChI=1S/C16H18N2O3S/c1-10-9-18(16(21)17-15(10)20)11-7-13(19)14(8-11)22-12-5-3-2-4-6-12/h2-6,9,11,13-14,19H,7-8H2,1H3,(H,17,20,21)/t11-,13+,14+/m1/s1. The Labute approximate surface area is 132 Å². The van der Waals surface area contributed by atoms with Crippen LogP contribution in [0.4, 0.5) is 0 Å². The fraction of sp³-hybridized carbons (Fsp3) is 0.375. The molecular weight excluding hydrogens is 300 g/mol. The quantitative estimate of drug-likeness (QED) is 0.903. The van der Waals surface area contributed by atoms with Gasteiger partial charge in [0, 0.05) is 27.9 Å². The van der Waals surface area contributed by atoms with Crippen molar-refractivity contribution in [3.63, 3.8) is 0 Å². The van der Waals surface area contributed by atoms with Crippen LogP contribution in [0.2, 0.25) is 0 Å². The maximum atomic E-state index is 12.0. The highest BCUT2D eigenvalue weighted by Crippen LogP contribution is 2.39. The predicted molar refractivity (Wildman–Crippen MR) is 86.4 cm³/mol. The summed E-state index contributed by atoms with van der Waals surface area (Å²) in [6, 6.07) is 9.84. The zero-order chi connectivity index (χ0) is 15.7. The molecule has 1 aromatic heterocycles. The van der Waals surface area contributed by atoms with Gasteiger partial charge in [0.25, 0.3) is 5.56 Å². The van der Waals surface area contributed by atoms with Gasteiger partial charge in [-0.1, -0.05) is 18.2 Å². The molecule has 22 heavy (non-hydrogen) atoms. The zero-order valence-corrected chi connectivity index (χ0v) is 13.0. The fourth-order valence-corrected chi connectivity index (χ4v) is 4.09. The van der Waals surface area contributed by atoms with E-state index in [-0.39, 0.29) is 16.9 Å². The molecule has 1 heterocycles. The van der Waals surface area contributed by atoms with Crippen LogP contribution in [0.3, 0.4) is 0 Å². The number of thioether (sulfide) groups is 1. The van der Waals surface area contributed by atoms with Crippen molar-refractivity contribution in [3.05, 3.63) is 62.9 Å². The van der Waals surface area contributed by atoms with Crippen LogP contribution in [0.1, 0.15) is 24.4 Å². The Morgan fingerprint density at radius 3 is 2.68 bits per heavy atom. The third kappa shape index (κ3) is 3.03. The summed E-state index contributed by atoms with van der Waals surface area (Å²) in [4.78, 5) is 26.9. The predicted octanol–water partition coefficient (Wildman–Crippen LogP) is 1.70. The highest BCUT2D eigenvalue weighted by Gasteiger charge is 2.35. The smallest absolute Gasteiger partial charge is 0.328 e. The monoisotopic (exact) mass is 318 g/mol. The molecule has 116 valence electrons. The fourth-order valence-electron chi connectivity index (χ4n) is 2.84. The van der Waals surface area contributed by atoms with E-state index in [9.17, 15) is 14.7 Å². The molecule has 1 aromatic carbocycles. The largest absolute Gasteiger partial charge is 0.392 e. The lowest BCUT2D eigenvalue weighted by Gasteiger charge is -2.14. The first-order chi connectivity index (χ1) is 10.5. The number of aryl methyl sites for hydroxylation is 1. The number of aromatic amines is 1. The number of hydrogen-bond donors (Lipinski definition) is 2. The van der Waals surface area contributed by atoms with Crippen LogP contribution in [0.5, 0.6) is 0 Å². The third-order valence-electron chi connectivity index (χ3n) is 4.02. The Balaban J connectivity index is 1.80. The summed E-state index contributed by atoms with van der Waals surface area (Å²) in [6.07, 6.45) is 2.35. The number of aliphatic hydroxyl groups excluding tert-OH is 1. The molecule has 0 aliphatic heterocycles. The lowest BCUT2D eigenvalue weighted by Crippen LogP contribution is -2.32. The summed E-state index contributed by atoms with van der Waals surface area (Å²) in [5, 5.41) is 10.3. The van der Waals surface area contributed by atoms with Gasteiger partial charge in [0.05, 0.1) is 6.10 Å². The molecule has 3 rings (SSSR count). The van der Waals surface area contributed by atoms with Gasteiger partial charge in [-0.15, -0.1) is 11.8 Å². The molecule has 0 bridgehead atoms. The maximum Gasteiger partial charge on any atom is 0.328 e. The molecule has 0 radical (unpaired) electrons. The van der Waals surface area contributed by atoms with Crippen LogP contribution in [-0.4, -0.2) is 26.0 Å². The van der Waals surface area contributed by atoms with Gasteiger partial charge in [-0.25, -0.2) is 4.79 Å². The second kappa shape index (κ2) is 6.14. The van der Waals surface area contributed by atoms with Crippen molar-refractivity contribution in [1.82, 2.24) is 9.55 Å². The highest BCUT2D eigenvalue weighted by atomic mass is 32.2. The highest BCUT2D eigenvalue weighted by molar-refractivity contribution is 8.00. The maximum absolute atomic E-state index is 12.0. The number of aliphatic hydroxyl groups is 1.